The van der Waals surface area contributed by atoms with Crippen LogP contribution in [-0.2, 0) is 0 Å². The Morgan fingerprint density at radius 1 is 1.00 bits per heavy atom. The van der Waals surface area contributed by atoms with Crippen LogP contribution in [0.1, 0.15) is 26.3 Å². The second kappa shape index (κ2) is 7.01. The average Bonchev–Trinajstić information content (AvgIpc) is 2.53. The first-order valence-corrected chi connectivity index (χ1v) is 7.29. The summed E-state index contributed by atoms with van der Waals surface area (Å²) in [5.74, 6) is -1.13. The Hall–Kier alpha value is -2.74. The summed E-state index contributed by atoms with van der Waals surface area (Å²) < 4.78 is 0.824. The van der Waals surface area contributed by atoms with Gasteiger partial charge in [-0.05, 0) is 37.3 Å². The van der Waals surface area contributed by atoms with Crippen molar-refractivity contribution in [3.63, 3.8) is 0 Å². The van der Waals surface area contributed by atoms with Crippen molar-refractivity contribution in [3.05, 3.63) is 73.7 Å². The molecule has 2 amide bonds. The highest BCUT2D eigenvalue weighted by Gasteiger charge is 2.15. The number of nitro benzene ring substituents is 1. The molecule has 0 unspecified atom stereocenters. The van der Waals surface area contributed by atoms with Crippen LogP contribution in [0.25, 0.3) is 0 Å². The summed E-state index contributed by atoms with van der Waals surface area (Å²) in [7, 11) is 0. The van der Waals surface area contributed by atoms with Crippen molar-refractivity contribution in [1.82, 2.24) is 10.9 Å². The Morgan fingerprint density at radius 3 is 2.09 bits per heavy atom. The summed E-state index contributed by atoms with van der Waals surface area (Å²) in [5, 5.41) is 10.9. The van der Waals surface area contributed by atoms with Gasteiger partial charge in [0, 0.05) is 27.2 Å². The van der Waals surface area contributed by atoms with Crippen molar-refractivity contribution >= 4 is 33.4 Å². The standard InChI is InChI=1S/C15H12BrN3O4/c1-9-2-3-11(8-13(9)19(22)23)15(21)18-17-14(20)10-4-6-12(16)7-5-10/h2-8H,1H3,(H,17,20)(H,18,21). The summed E-state index contributed by atoms with van der Waals surface area (Å²) in [6.45, 7) is 1.58. The van der Waals surface area contributed by atoms with E-state index in [0.29, 0.717) is 11.1 Å². The Balaban J connectivity index is 2.05. The summed E-state index contributed by atoms with van der Waals surface area (Å²) >= 11 is 3.26. The third-order valence-corrected chi connectivity index (χ3v) is 3.59. The molecule has 0 heterocycles. The number of halogens is 1. The highest BCUT2D eigenvalue weighted by Crippen LogP contribution is 2.19. The van der Waals surface area contributed by atoms with Gasteiger partial charge in [-0.15, -0.1) is 0 Å². The summed E-state index contributed by atoms with van der Waals surface area (Å²) in [4.78, 5) is 34.1. The molecule has 0 spiro atoms. The molecule has 2 rings (SSSR count). The zero-order chi connectivity index (χ0) is 17.0. The lowest BCUT2D eigenvalue weighted by Gasteiger charge is -2.08. The molecule has 0 aromatic heterocycles. The number of hydrogen-bond acceptors (Lipinski definition) is 4. The molecule has 0 atom stereocenters. The molecule has 8 heteroatoms. The largest absolute Gasteiger partial charge is 0.273 e. The van der Waals surface area contributed by atoms with Crippen LogP contribution < -0.4 is 10.9 Å². The number of benzene rings is 2. The van der Waals surface area contributed by atoms with Crippen molar-refractivity contribution in [2.75, 3.05) is 0 Å². The van der Waals surface area contributed by atoms with E-state index in [1.54, 1.807) is 31.2 Å². The van der Waals surface area contributed by atoms with Crippen molar-refractivity contribution in [2.24, 2.45) is 0 Å². The molecule has 0 saturated carbocycles. The van der Waals surface area contributed by atoms with Gasteiger partial charge >= 0.3 is 0 Å². The molecule has 7 nitrogen and oxygen atoms in total. The molecule has 2 aromatic carbocycles. The highest BCUT2D eigenvalue weighted by atomic mass is 79.9. The van der Waals surface area contributed by atoms with Crippen LogP contribution in [0.3, 0.4) is 0 Å². The molecule has 0 bridgehead atoms. The van der Waals surface area contributed by atoms with E-state index >= 15 is 0 Å². The first kappa shape index (κ1) is 16.6. The summed E-state index contributed by atoms with van der Waals surface area (Å²) in [5.41, 5.74) is 5.22. The fourth-order valence-electron chi connectivity index (χ4n) is 1.81. The molecule has 0 aliphatic rings. The van der Waals surface area contributed by atoms with Gasteiger partial charge in [0.25, 0.3) is 17.5 Å². The molecule has 0 saturated heterocycles. The van der Waals surface area contributed by atoms with E-state index in [1.807, 2.05) is 0 Å². The van der Waals surface area contributed by atoms with Gasteiger partial charge in [-0.3, -0.25) is 30.6 Å². The second-order valence-electron chi connectivity index (χ2n) is 4.67. The van der Waals surface area contributed by atoms with Crippen molar-refractivity contribution in [3.8, 4) is 0 Å². The molecule has 2 aromatic rings. The number of nitro groups is 1. The van der Waals surface area contributed by atoms with Gasteiger partial charge in [0.2, 0.25) is 0 Å². The van der Waals surface area contributed by atoms with Crippen molar-refractivity contribution in [2.45, 2.75) is 6.92 Å². The number of amides is 2. The lowest BCUT2D eigenvalue weighted by atomic mass is 10.1. The lowest BCUT2D eigenvalue weighted by Crippen LogP contribution is -2.41. The van der Waals surface area contributed by atoms with E-state index in [-0.39, 0.29) is 11.3 Å². The number of nitrogens with zero attached hydrogens (tertiary/aromatic N) is 1. The quantitative estimate of drug-likeness (QED) is 0.633. The molecule has 23 heavy (non-hydrogen) atoms. The van der Waals surface area contributed by atoms with E-state index in [4.69, 9.17) is 0 Å². The number of hydrogen-bond donors (Lipinski definition) is 2. The molecule has 0 fully saturated rings. The number of nitrogens with one attached hydrogen (secondary N) is 2. The predicted molar refractivity (Wildman–Crippen MR) is 86.9 cm³/mol. The zero-order valence-corrected chi connectivity index (χ0v) is 13.6. The van der Waals surface area contributed by atoms with Gasteiger partial charge in [0.05, 0.1) is 4.92 Å². The maximum Gasteiger partial charge on any atom is 0.273 e. The van der Waals surface area contributed by atoms with Crippen LogP contribution in [0.4, 0.5) is 5.69 Å². The third kappa shape index (κ3) is 4.13. The van der Waals surface area contributed by atoms with Gasteiger partial charge in [0.15, 0.2) is 0 Å². The Labute approximate surface area is 139 Å². The Kier molecular flexibility index (Phi) is 5.07. The summed E-state index contributed by atoms with van der Waals surface area (Å²) in [6, 6.07) is 10.6. The summed E-state index contributed by atoms with van der Waals surface area (Å²) in [6.07, 6.45) is 0. The number of rotatable bonds is 3. The van der Waals surface area contributed by atoms with E-state index in [0.717, 1.165) is 10.5 Å². The average molecular weight is 378 g/mol. The van der Waals surface area contributed by atoms with Gasteiger partial charge in [0.1, 0.15) is 0 Å². The number of carbonyl (C=O) groups excluding carboxylic acids is 2. The Bertz CT molecular complexity index is 775. The minimum Gasteiger partial charge on any atom is -0.267 e. The molecule has 2 N–H and O–H groups in total. The molecular formula is C15H12BrN3O4. The van der Waals surface area contributed by atoms with Gasteiger partial charge in [-0.1, -0.05) is 22.0 Å². The Morgan fingerprint density at radius 2 is 1.52 bits per heavy atom. The van der Waals surface area contributed by atoms with Gasteiger partial charge in [-0.2, -0.15) is 0 Å². The van der Waals surface area contributed by atoms with E-state index < -0.39 is 16.7 Å². The first-order chi connectivity index (χ1) is 10.9. The predicted octanol–water partition coefficient (Wildman–Crippen LogP) is 2.74. The monoisotopic (exact) mass is 377 g/mol. The second-order valence-corrected chi connectivity index (χ2v) is 5.59. The van der Waals surface area contributed by atoms with E-state index in [1.165, 1.54) is 12.1 Å². The fourth-order valence-corrected chi connectivity index (χ4v) is 2.07. The zero-order valence-electron chi connectivity index (χ0n) is 12.0. The number of aryl methyl sites for hydroxylation is 1. The van der Waals surface area contributed by atoms with E-state index in [2.05, 4.69) is 26.8 Å². The van der Waals surface area contributed by atoms with E-state index in [9.17, 15) is 19.7 Å². The normalized spacial score (nSPS) is 10.0. The minimum atomic E-state index is -0.640. The maximum absolute atomic E-state index is 12.0. The van der Waals surface area contributed by atoms with Gasteiger partial charge < -0.3 is 0 Å². The molecule has 0 aliphatic heterocycles. The van der Waals surface area contributed by atoms with Crippen LogP contribution in [0, 0.1) is 17.0 Å². The third-order valence-electron chi connectivity index (χ3n) is 3.06. The van der Waals surface area contributed by atoms with Crippen LogP contribution in [0.5, 0.6) is 0 Å². The highest BCUT2D eigenvalue weighted by molar-refractivity contribution is 9.10. The molecular weight excluding hydrogens is 366 g/mol. The van der Waals surface area contributed by atoms with Crippen molar-refractivity contribution < 1.29 is 14.5 Å². The van der Waals surface area contributed by atoms with Gasteiger partial charge in [-0.25, -0.2) is 0 Å². The van der Waals surface area contributed by atoms with Crippen molar-refractivity contribution in [1.29, 1.82) is 0 Å². The number of hydrazine groups is 1. The smallest absolute Gasteiger partial charge is 0.267 e. The molecule has 118 valence electrons. The first-order valence-electron chi connectivity index (χ1n) is 6.50. The topological polar surface area (TPSA) is 101 Å². The lowest BCUT2D eigenvalue weighted by molar-refractivity contribution is -0.385. The molecule has 0 radical (unpaired) electrons. The van der Waals surface area contributed by atoms with Crippen LogP contribution in [0.2, 0.25) is 0 Å². The fraction of sp³-hybridized carbons (Fsp3) is 0.0667. The SMILES string of the molecule is Cc1ccc(C(=O)NNC(=O)c2ccc(Br)cc2)cc1[N+](=O)[O-]. The molecule has 0 aliphatic carbocycles. The van der Waals surface area contributed by atoms with Crippen LogP contribution >= 0.6 is 15.9 Å². The minimum absolute atomic E-state index is 0.0819. The van der Waals surface area contributed by atoms with Crippen LogP contribution in [0.15, 0.2) is 46.9 Å². The number of carbonyl (C=O) groups is 2. The van der Waals surface area contributed by atoms with Crippen LogP contribution in [-0.4, -0.2) is 16.7 Å². The maximum atomic E-state index is 12.0.